The van der Waals surface area contributed by atoms with Crippen LogP contribution in [0.15, 0.2) is 68.8 Å². The number of amidine groups is 1. The first-order chi connectivity index (χ1) is 17.5. The number of morpholine rings is 1. The third kappa shape index (κ3) is 4.50. The number of anilines is 1. The van der Waals surface area contributed by atoms with E-state index in [9.17, 15) is 14.7 Å². The van der Waals surface area contributed by atoms with E-state index in [4.69, 9.17) is 9.73 Å². The van der Waals surface area contributed by atoms with Crippen molar-refractivity contribution in [1.29, 1.82) is 0 Å². The Morgan fingerprint density at radius 2 is 1.86 bits per heavy atom. The Labute approximate surface area is 215 Å². The van der Waals surface area contributed by atoms with Crippen LogP contribution in [0.2, 0.25) is 0 Å². The molecular formula is C26H31N5O4S. The van der Waals surface area contributed by atoms with Gasteiger partial charge in [-0.05, 0) is 25.1 Å². The molecule has 4 aliphatic rings. The quantitative estimate of drug-likeness (QED) is 0.474. The number of hydrogen-bond acceptors (Lipinski definition) is 8. The number of hydrogen-bond donors (Lipinski definition) is 1. The summed E-state index contributed by atoms with van der Waals surface area (Å²) in [4.78, 5) is 41.2. The van der Waals surface area contributed by atoms with Crippen LogP contribution in [-0.2, 0) is 14.3 Å². The van der Waals surface area contributed by atoms with E-state index in [0.29, 0.717) is 56.8 Å². The van der Waals surface area contributed by atoms with E-state index in [1.54, 1.807) is 4.90 Å². The number of thioether (sulfide) groups is 1. The van der Waals surface area contributed by atoms with Gasteiger partial charge >= 0.3 is 0 Å². The summed E-state index contributed by atoms with van der Waals surface area (Å²) >= 11 is 1.43. The molecule has 36 heavy (non-hydrogen) atoms. The topological polar surface area (TPSA) is 88.9 Å². The monoisotopic (exact) mass is 509 g/mol. The van der Waals surface area contributed by atoms with Crippen molar-refractivity contribution in [2.24, 2.45) is 4.99 Å². The van der Waals surface area contributed by atoms with Gasteiger partial charge in [-0.2, -0.15) is 0 Å². The standard InChI is InChI=1S/C26H31N5O4S/c1-3-21(29-13-16-35-17-14-29)27-24-18(2)23(33)22(25(34)30-10-8-28(9-11-30)12-15-32)26-31(24)19-6-4-5-7-20(19)36-26/h3-7,32H,2,8-17H2,1H3/b21-3+,27-24?. The average molecular weight is 510 g/mol. The lowest BCUT2D eigenvalue weighted by molar-refractivity contribution is -0.130. The van der Waals surface area contributed by atoms with Crippen molar-refractivity contribution in [1.82, 2.24) is 14.7 Å². The smallest absolute Gasteiger partial charge is 0.260 e. The lowest BCUT2D eigenvalue weighted by Crippen LogP contribution is -2.51. The van der Waals surface area contributed by atoms with Gasteiger partial charge in [0.05, 0.1) is 31.1 Å². The zero-order chi connectivity index (χ0) is 25.2. The minimum absolute atomic E-state index is 0.0895. The molecule has 1 amide bonds. The zero-order valence-electron chi connectivity index (χ0n) is 20.5. The number of ketones is 1. The van der Waals surface area contributed by atoms with Crippen LogP contribution in [0.3, 0.4) is 0 Å². The van der Waals surface area contributed by atoms with Gasteiger partial charge in [-0.1, -0.05) is 30.5 Å². The van der Waals surface area contributed by atoms with Crippen LogP contribution in [0.5, 0.6) is 0 Å². The number of carbonyl (C=O) groups excluding carboxylic acids is 2. The van der Waals surface area contributed by atoms with Gasteiger partial charge in [0.1, 0.15) is 16.4 Å². The van der Waals surface area contributed by atoms with E-state index in [2.05, 4.69) is 16.4 Å². The highest BCUT2D eigenvalue weighted by molar-refractivity contribution is 8.04. The molecule has 0 bridgehead atoms. The summed E-state index contributed by atoms with van der Waals surface area (Å²) in [6.45, 7) is 11.7. The number of aliphatic hydroxyl groups is 1. The van der Waals surface area contributed by atoms with E-state index in [0.717, 1.165) is 29.5 Å². The molecule has 4 aliphatic heterocycles. The number of piperazine rings is 1. The number of para-hydroxylation sites is 1. The minimum atomic E-state index is -0.375. The number of carbonyl (C=O) groups is 2. The number of allylic oxidation sites excluding steroid dienone is 1. The van der Waals surface area contributed by atoms with Gasteiger partial charge < -0.3 is 19.6 Å². The molecule has 1 aromatic carbocycles. The van der Waals surface area contributed by atoms with Gasteiger partial charge in [0.25, 0.3) is 5.91 Å². The van der Waals surface area contributed by atoms with Gasteiger partial charge in [0.15, 0.2) is 5.84 Å². The SMILES string of the molecule is C=C1C(=O)C(C(=O)N2CCN(CCO)CC2)=C2Sc3ccccc3N2C1=N/C(=C\C)N1CCOCC1. The van der Waals surface area contributed by atoms with E-state index < -0.39 is 0 Å². The molecule has 1 N–H and O–H groups in total. The van der Waals surface area contributed by atoms with Gasteiger partial charge in [-0.25, -0.2) is 4.99 Å². The van der Waals surface area contributed by atoms with E-state index in [-0.39, 0.29) is 29.4 Å². The minimum Gasteiger partial charge on any atom is -0.395 e. The average Bonchev–Trinajstić information content (AvgIpc) is 3.29. The fourth-order valence-electron chi connectivity index (χ4n) is 4.84. The number of benzene rings is 1. The molecule has 5 rings (SSSR count). The van der Waals surface area contributed by atoms with Gasteiger partial charge in [-0.15, -0.1) is 0 Å². The number of fused-ring (bicyclic) bond motifs is 3. The molecule has 0 atom stereocenters. The highest BCUT2D eigenvalue weighted by Crippen LogP contribution is 2.50. The molecule has 0 radical (unpaired) electrons. The zero-order valence-corrected chi connectivity index (χ0v) is 21.3. The molecule has 4 heterocycles. The van der Waals surface area contributed by atoms with Crippen molar-refractivity contribution >= 4 is 35.0 Å². The normalized spacial score (nSPS) is 22.4. The Morgan fingerprint density at radius 3 is 2.56 bits per heavy atom. The molecule has 0 spiro atoms. The second-order valence-electron chi connectivity index (χ2n) is 8.93. The lowest BCUT2D eigenvalue weighted by Gasteiger charge is -2.36. The molecule has 10 heteroatoms. The van der Waals surface area contributed by atoms with Crippen LogP contribution < -0.4 is 4.90 Å². The Bertz CT molecular complexity index is 1160. The summed E-state index contributed by atoms with van der Waals surface area (Å²) in [5.74, 6) is 0.561. The van der Waals surface area contributed by atoms with Crippen LogP contribution in [-0.4, -0.2) is 103 Å². The molecule has 9 nitrogen and oxygen atoms in total. The number of aliphatic hydroxyl groups excluding tert-OH is 1. The molecule has 2 fully saturated rings. The van der Waals surface area contributed by atoms with E-state index in [1.165, 1.54) is 11.8 Å². The molecule has 190 valence electrons. The Hall–Kier alpha value is -2.92. The number of Topliss-reactive ketones (excluding diaryl/α,β-unsaturated/α-hetero) is 1. The number of aliphatic imine (C=N–C) groups is 1. The first-order valence-corrected chi connectivity index (χ1v) is 13.1. The second-order valence-corrected chi connectivity index (χ2v) is 9.96. The summed E-state index contributed by atoms with van der Waals surface area (Å²) in [6.07, 6.45) is 1.93. The van der Waals surface area contributed by atoms with Crippen molar-refractivity contribution < 1.29 is 19.4 Å². The van der Waals surface area contributed by atoms with Crippen LogP contribution in [0.1, 0.15) is 6.92 Å². The second kappa shape index (κ2) is 10.6. The first kappa shape index (κ1) is 24.8. The van der Waals surface area contributed by atoms with Gasteiger partial charge in [0.2, 0.25) is 5.78 Å². The Balaban J connectivity index is 1.53. The fraction of sp³-hybridized carbons (Fsp3) is 0.423. The summed E-state index contributed by atoms with van der Waals surface area (Å²) in [5.41, 5.74) is 1.26. The highest BCUT2D eigenvalue weighted by Gasteiger charge is 2.44. The summed E-state index contributed by atoms with van der Waals surface area (Å²) in [5, 5.41) is 9.81. The molecule has 0 aromatic heterocycles. The molecule has 0 unspecified atom stereocenters. The maximum atomic E-state index is 13.7. The predicted molar refractivity (Wildman–Crippen MR) is 140 cm³/mol. The molecular weight excluding hydrogens is 478 g/mol. The van der Waals surface area contributed by atoms with Crippen molar-refractivity contribution in [3.63, 3.8) is 0 Å². The third-order valence-electron chi connectivity index (χ3n) is 6.82. The number of nitrogens with zero attached hydrogens (tertiary/aromatic N) is 5. The molecule has 0 aliphatic carbocycles. The van der Waals surface area contributed by atoms with Crippen molar-refractivity contribution in [2.45, 2.75) is 11.8 Å². The van der Waals surface area contributed by atoms with Crippen molar-refractivity contribution in [3.8, 4) is 0 Å². The van der Waals surface area contributed by atoms with E-state index >= 15 is 0 Å². The molecule has 2 saturated heterocycles. The summed E-state index contributed by atoms with van der Waals surface area (Å²) < 4.78 is 5.49. The van der Waals surface area contributed by atoms with Crippen LogP contribution >= 0.6 is 11.8 Å². The first-order valence-electron chi connectivity index (χ1n) is 12.3. The Kier molecular flexibility index (Phi) is 7.29. The van der Waals surface area contributed by atoms with Crippen LogP contribution in [0.4, 0.5) is 5.69 Å². The number of amides is 1. The predicted octanol–water partition coefficient (Wildman–Crippen LogP) is 1.68. The van der Waals surface area contributed by atoms with E-state index in [1.807, 2.05) is 42.2 Å². The molecule has 0 saturated carbocycles. The maximum absolute atomic E-state index is 13.7. The number of ether oxygens (including phenoxy) is 1. The van der Waals surface area contributed by atoms with Crippen LogP contribution in [0.25, 0.3) is 0 Å². The van der Waals surface area contributed by atoms with Crippen LogP contribution in [0, 0.1) is 0 Å². The van der Waals surface area contributed by atoms with Crippen molar-refractivity contribution in [3.05, 3.63) is 58.9 Å². The highest BCUT2D eigenvalue weighted by atomic mass is 32.2. The largest absolute Gasteiger partial charge is 0.395 e. The lowest BCUT2D eigenvalue weighted by atomic mass is 9.98. The van der Waals surface area contributed by atoms with Gasteiger partial charge in [0, 0.05) is 50.7 Å². The molecule has 1 aromatic rings. The van der Waals surface area contributed by atoms with Gasteiger partial charge in [-0.3, -0.25) is 19.4 Å². The fourth-order valence-corrected chi connectivity index (χ4v) is 6.02. The maximum Gasteiger partial charge on any atom is 0.260 e. The third-order valence-corrected chi connectivity index (χ3v) is 7.96. The summed E-state index contributed by atoms with van der Waals surface area (Å²) in [6, 6.07) is 7.86. The van der Waals surface area contributed by atoms with Crippen molar-refractivity contribution in [2.75, 3.05) is 70.5 Å². The summed E-state index contributed by atoms with van der Waals surface area (Å²) in [7, 11) is 0. The number of β-amino-alcohol motifs (C(OH)–C–C–N with tert-alkyl or cyclic N) is 1. The Morgan fingerprint density at radius 1 is 1.14 bits per heavy atom. The number of rotatable bonds is 5.